The average molecular weight is 355 g/mol. The van der Waals surface area contributed by atoms with Gasteiger partial charge in [0.25, 0.3) is 0 Å². The first kappa shape index (κ1) is 16.1. The summed E-state index contributed by atoms with van der Waals surface area (Å²) in [7, 11) is 0. The lowest BCUT2D eigenvalue weighted by atomic mass is 9.96. The van der Waals surface area contributed by atoms with E-state index in [1.807, 2.05) is 35.0 Å². The molecule has 130 valence electrons. The highest BCUT2D eigenvalue weighted by Gasteiger charge is 2.17. The van der Waals surface area contributed by atoms with Crippen molar-refractivity contribution in [3.63, 3.8) is 0 Å². The summed E-state index contributed by atoms with van der Waals surface area (Å²) in [5.74, 6) is -0.0804. The van der Waals surface area contributed by atoms with Crippen LogP contribution in [0.4, 0.5) is 10.8 Å². The molecule has 2 heterocycles. The van der Waals surface area contributed by atoms with Crippen molar-refractivity contribution in [2.24, 2.45) is 0 Å². The number of hydrogen-bond acceptors (Lipinski definition) is 5. The van der Waals surface area contributed by atoms with Crippen LogP contribution in [-0.4, -0.2) is 26.5 Å². The molecule has 1 aliphatic rings. The molecule has 0 saturated heterocycles. The summed E-state index contributed by atoms with van der Waals surface area (Å²) in [6.45, 7) is 1.51. The van der Waals surface area contributed by atoms with Gasteiger partial charge in [0, 0.05) is 24.2 Å². The molecule has 2 N–H and O–H groups in total. The molecule has 6 nitrogen and oxygen atoms in total. The predicted octanol–water partition coefficient (Wildman–Crippen LogP) is 4.16. The minimum atomic E-state index is -0.0804. The molecule has 1 fully saturated rings. The minimum absolute atomic E-state index is 0.0804. The molecule has 2 aromatic heterocycles. The number of hydrogen-bond donors (Lipinski definition) is 2. The maximum Gasteiger partial charge on any atom is 0.221 e. The van der Waals surface area contributed by atoms with Gasteiger partial charge in [0.15, 0.2) is 0 Å². The second kappa shape index (κ2) is 6.84. The van der Waals surface area contributed by atoms with Gasteiger partial charge in [-0.15, -0.1) is 5.10 Å². The molecular weight excluding hydrogens is 334 g/mol. The molecule has 4 rings (SSSR count). The van der Waals surface area contributed by atoms with Crippen molar-refractivity contribution in [3.05, 3.63) is 30.5 Å². The lowest BCUT2D eigenvalue weighted by Gasteiger charge is -2.21. The van der Waals surface area contributed by atoms with Gasteiger partial charge in [-0.05, 0) is 25.0 Å². The molecule has 0 unspecified atom stereocenters. The van der Waals surface area contributed by atoms with E-state index in [2.05, 4.69) is 15.6 Å². The molecule has 7 heteroatoms. The molecule has 1 amide bonds. The van der Waals surface area contributed by atoms with Crippen LogP contribution in [0.5, 0.6) is 0 Å². The Hall–Kier alpha value is -2.41. The summed E-state index contributed by atoms with van der Waals surface area (Å²) in [5.41, 5.74) is 2.68. The highest BCUT2D eigenvalue weighted by atomic mass is 32.1. The molecule has 0 aliphatic heterocycles. The minimum Gasteiger partial charge on any atom is -0.357 e. The number of nitrogens with one attached hydrogen (secondary N) is 2. The fourth-order valence-electron chi connectivity index (χ4n) is 3.33. The summed E-state index contributed by atoms with van der Waals surface area (Å²) in [4.78, 5) is 16.6. The summed E-state index contributed by atoms with van der Waals surface area (Å²) < 4.78 is 1.88. The van der Waals surface area contributed by atoms with Crippen LogP contribution in [0, 0.1) is 0 Å². The second-order valence-electron chi connectivity index (χ2n) is 6.49. The Bertz CT molecular complexity index is 894. The second-order valence-corrected chi connectivity index (χ2v) is 7.44. The SMILES string of the molecule is CC(=O)Nc1cccc(-c2cnc3sc(NC4CCCCC4)nn23)c1. The first-order chi connectivity index (χ1) is 12.2. The largest absolute Gasteiger partial charge is 0.357 e. The number of carbonyl (C=O) groups is 1. The fourth-order valence-corrected chi connectivity index (χ4v) is 4.18. The quantitative estimate of drug-likeness (QED) is 0.737. The zero-order chi connectivity index (χ0) is 17.2. The topological polar surface area (TPSA) is 71.3 Å². The Labute approximate surface area is 150 Å². The third kappa shape index (κ3) is 3.51. The zero-order valence-corrected chi connectivity index (χ0v) is 15.0. The third-order valence-corrected chi connectivity index (χ3v) is 5.35. The predicted molar refractivity (Wildman–Crippen MR) is 101 cm³/mol. The van der Waals surface area contributed by atoms with Crippen LogP contribution in [0.25, 0.3) is 16.2 Å². The summed E-state index contributed by atoms with van der Waals surface area (Å²) in [6, 6.07) is 8.27. The standard InChI is InChI=1S/C18H21N5OS/c1-12(24)20-15-9-5-6-13(10-15)16-11-19-18-23(16)22-17(25-18)21-14-7-3-2-4-8-14/h5-6,9-11,14H,2-4,7-8H2,1H3,(H,20,24)(H,21,22). The Morgan fingerprint density at radius 2 is 2.12 bits per heavy atom. The van der Waals surface area contributed by atoms with E-state index in [-0.39, 0.29) is 5.91 Å². The fraction of sp³-hybridized carbons (Fsp3) is 0.389. The van der Waals surface area contributed by atoms with Gasteiger partial charge in [0.1, 0.15) is 0 Å². The van der Waals surface area contributed by atoms with Gasteiger partial charge in [-0.25, -0.2) is 9.50 Å². The molecule has 3 aromatic rings. The van der Waals surface area contributed by atoms with Gasteiger partial charge in [-0.1, -0.05) is 42.7 Å². The summed E-state index contributed by atoms with van der Waals surface area (Å²) in [5, 5.41) is 12.0. The average Bonchev–Trinajstić information content (AvgIpc) is 3.15. The number of imidazole rings is 1. The zero-order valence-electron chi connectivity index (χ0n) is 14.2. The van der Waals surface area contributed by atoms with Crippen molar-refractivity contribution in [1.82, 2.24) is 14.6 Å². The third-order valence-electron chi connectivity index (χ3n) is 4.50. The molecule has 0 bridgehead atoms. The normalized spacial score (nSPS) is 15.4. The molecule has 1 saturated carbocycles. The number of benzene rings is 1. The number of rotatable bonds is 4. The van der Waals surface area contributed by atoms with E-state index < -0.39 is 0 Å². The van der Waals surface area contributed by atoms with E-state index in [1.165, 1.54) is 39.0 Å². The van der Waals surface area contributed by atoms with Gasteiger partial charge >= 0.3 is 0 Å². The number of amides is 1. The molecule has 1 aromatic carbocycles. The number of nitrogens with zero attached hydrogens (tertiary/aromatic N) is 3. The van der Waals surface area contributed by atoms with Crippen LogP contribution in [0.2, 0.25) is 0 Å². The van der Waals surface area contributed by atoms with Crippen molar-refractivity contribution < 1.29 is 4.79 Å². The highest BCUT2D eigenvalue weighted by molar-refractivity contribution is 7.20. The first-order valence-electron chi connectivity index (χ1n) is 8.68. The van der Waals surface area contributed by atoms with Crippen LogP contribution < -0.4 is 10.6 Å². The van der Waals surface area contributed by atoms with E-state index in [4.69, 9.17) is 5.10 Å². The van der Waals surface area contributed by atoms with Crippen molar-refractivity contribution >= 4 is 33.0 Å². The number of carbonyl (C=O) groups excluding carboxylic acids is 1. The summed E-state index contributed by atoms with van der Waals surface area (Å²) in [6.07, 6.45) is 8.19. The Morgan fingerprint density at radius 3 is 2.92 bits per heavy atom. The number of fused-ring (bicyclic) bond motifs is 1. The van der Waals surface area contributed by atoms with Crippen LogP contribution in [0.15, 0.2) is 30.5 Å². The van der Waals surface area contributed by atoms with Crippen molar-refractivity contribution in [3.8, 4) is 11.3 Å². The first-order valence-corrected chi connectivity index (χ1v) is 9.50. The van der Waals surface area contributed by atoms with E-state index in [9.17, 15) is 4.79 Å². The van der Waals surface area contributed by atoms with E-state index >= 15 is 0 Å². The number of anilines is 2. The number of aromatic nitrogens is 3. The molecule has 1 aliphatic carbocycles. The van der Waals surface area contributed by atoms with Crippen LogP contribution in [0.3, 0.4) is 0 Å². The Balaban J connectivity index is 1.61. The van der Waals surface area contributed by atoms with E-state index in [1.54, 1.807) is 11.3 Å². The monoisotopic (exact) mass is 355 g/mol. The van der Waals surface area contributed by atoms with Crippen molar-refractivity contribution in [2.75, 3.05) is 10.6 Å². The van der Waals surface area contributed by atoms with Gasteiger partial charge < -0.3 is 10.6 Å². The lowest BCUT2D eigenvalue weighted by molar-refractivity contribution is -0.114. The van der Waals surface area contributed by atoms with Gasteiger partial charge in [-0.2, -0.15) is 0 Å². The van der Waals surface area contributed by atoms with E-state index in [0.29, 0.717) is 6.04 Å². The van der Waals surface area contributed by atoms with Crippen LogP contribution >= 0.6 is 11.3 Å². The van der Waals surface area contributed by atoms with Crippen LogP contribution in [0.1, 0.15) is 39.0 Å². The highest BCUT2D eigenvalue weighted by Crippen LogP contribution is 2.29. The van der Waals surface area contributed by atoms with Gasteiger partial charge in [0.05, 0.1) is 11.9 Å². The van der Waals surface area contributed by atoms with E-state index in [0.717, 1.165) is 27.0 Å². The molecule has 0 atom stereocenters. The Kier molecular flexibility index (Phi) is 4.40. The van der Waals surface area contributed by atoms with Gasteiger partial charge in [0.2, 0.25) is 16.0 Å². The smallest absolute Gasteiger partial charge is 0.221 e. The lowest BCUT2D eigenvalue weighted by Crippen LogP contribution is -2.22. The van der Waals surface area contributed by atoms with Crippen molar-refractivity contribution in [2.45, 2.75) is 45.1 Å². The maximum absolute atomic E-state index is 11.3. The molecular formula is C18H21N5OS. The molecule has 0 radical (unpaired) electrons. The maximum atomic E-state index is 11.3. The van der Waals surface area contributed by atoms with Crippen molar-refractivity contribution in [1.29, 1.82) is 0 Å². The van der Waals surface area contributed by atoms with Gasteiger partial charge in [-0.3, -0.25) is 4.79 Å². The molecule has 25 heavy (non-hydrogen) atoms. The molecule has 0 spiro atoms. The van der Waals surface area contributed by atoms with Crippen LogP contribution in [-0.2, 0) is 4.79 Å². The Morgan fingerprint density at radius 1 is 1.28 bits per heavy atom. The summed E-state index contributed by atoms with van der Waals surface area (Å²) >= 11 is 1.58.